The van der Waals surface area contributed by atoms with Crippen LogP contribution in [0.2, 0.25) is 0 Å². The third-order valence-electron chi connectivity index (χ3n) is 3.66. The van der Waals surface area contributed by atoms with Gasteiger partial charge in [-0.15, -0.1) is 0 Å². The van der Waals surface area contributed by atoms with Gasteiger partial charge in [0.05, 0.1) is 0 Å². The number of rotatable bonds is 2. The van der Waals surface area contributed by atoms with Crippen molar-refractivity contribution in [2.75, 3.05) is 20.6 Å². The zero-order valence-corrected chi connectivity index (χ0v) is 11.4. The predicted octanol–water partition coefficient (Wildman–Crippen LogP) is 2.24. The maximum absolute atomic E-state index is 11.8. The maximum Gasteiger partial charge on any atom is 0.253 e. The highest BCUT2D eigenvalue weighted by Crippen LogP contribution is 2.27. The van der Waals surface area contributed by atoms with Gasteiger partial charge in [-0.1, -0.05) is 12.1 Å². The van der Waals surface area contributed by atoms with Gasteiger partial charge >= 0.3 is 0 Å². The average molecular weight is 246 g/mol. The fourth-order valence-corrected chi connectivity index (χ4v) is 2.59. The molecule has 1 aromatic carbocycles. The van der Waals surface area contributed by atoms with Gasteiger partial charge in [0.2, 0.25) is 0 Å². The van der Waals surface area contributed by atoms with E-state index in [2.05, 4.69) is 24.4 Å². The van der Waals surface area contributed by atoms with Crippen LogP contribution in [0, 0.1) is 0 Å². The topological polar surface area (TPSA) is 32.3 Å². The van der Waals surface area contributed by atoms with Crippen molar-refractivity contribution in [2.24, 2.45) is 0 Å². The lowest BCUT2D eigenvalue weighted by molar-refractivity contribution is 0.0827. The zero-order valence-electron chi connectivity index (χ0n) is 11.4. The lowest BCUT2D eigenvalue weighted by Gasteiger charge is -2.28. The van der Waals surface area contributed by atoms with Crippen LogP contribution < -0.4 is 5.32 Å². The molecule has 18 heavy (non-hydrogen) atoms. The van der Waals surface area contributed by atoms with Gasteiger partial charge in [-0.2, -0.15) is 0 Å². The molecule has 0 radical (unpaired) electrons. The van der Waals surface area contributed by atoms with E-state index in [0.717, 1.165) is 12.1 Å². The van der Waals surface area contributed by atoms with Gasteiger partial charge in [0.25, 0.3) is 5.91 Å². The van der Waals surface area contributed by atoms with Crippen LogP contribution in [0.25, 0.3) is 0 Å². The summed E-state index contributed by atoms with van der Waals surface area (Å²) in [6, 6.07) is 8.71. The molecule has 3 nitrogen and oxygen atoms in total. The summed E-state index contributed by atoms with van der Waals surface area (Å²) in [6.45, 7) is 3.32. The van der Waals surface area contributed by atoms with Gasteiger partial charge in [0.15, 0.2) is 0 Å². The minimum atomic E-state index is 0.0697. The van der Waals surface area contributed by atoms with Crippen molar-refractivity contribution in [3.05, 3.63) is 35.4 Å². The van der Waals surface area contributed by atoms with Crippen LogP contribution in [0.3, 0.4) is 0 Å². The Morgan fingerprint density at radius 1 is 1.28 bits per heavy atom. The first kappa shape index (κ1) is 13.1. The Bertz CT molecular complexity index is 411. The lowest BCUT2D eigenvalue weighted by atomic mass is 9.86. The van der Waals surface area contributed by atoms with Crippen LogP contribution in [-0.4, -0.2) is 37.5 Å². The first-order chi connectivity index (χ1) is 8.58. The molecule has 1 aromatic rings. The summed E-state index contributed by atoms with van der Waals surface area (Å²) in [7, 11) is 3.56. The molecule has 1 amide bonds. The lowest BCUT2D eigenvalue weighted by Crippen LogP contribution is -2.34. The number of piperidine rings is 1. The third-order valence-corrected chi connectivity index (χ3v) is 3.66. The minimum Gasteiger partial charge on any atom is -0.345 e. The molecule has 1 N–H and O–H groups in total. The number of benzene rings is 1. The van der Waals surface area contributed by atoms with Crippen molar-refractivity contribution >= 4 is 5.91 Å². The second-order valence-electron chi connectivity index (χ2n) is 5.40. The Hall–Kier alpha value is -1.35. The molecule has 0 spiro atoms. The largest absolute Gasteiger partial charge is 0.345 e. The second-order valence-corrected chi connectivity index (χ2v) is 5.40. The van der Waals surface area contributed by atoms with Crippen LogP contribution in [0.4, 0.5) is 0 Å². The highest BCUT2D eigenvalue weighted by atomic mass is 16.2. The van der Waals surface area contributed by atoms with Crippen molar-refractivity contribution in [1.29, 1.82) is 0 Å². The molecule has 1 aliphatic rings. The molecule has 0 saturated carbocycles. The Morgan fingerprint density at radius 3 is 2.50 bits per heavy atom. The van der Waals surface area contributed by atoms with Crippen molar-refractivity contribution in [1.82, 2.24) is 10.2 Å². The number of hydrogen-bond acceptors (Lipinski definition) is 2. The highest BCUT2D eigenvalue weighted by Gasteiger charge is 2.20. The Morgan fingerprint density at radius 2 is 1.94 bits per heavy atom. The van der Waals surface area contributed by atoms with E-state index >= 15 is 0 Å². The fraction of sp³-hybridized carbons (Fsp3) is 0.533. The van der Waals surface area contributed by atoms with E-state index in [4.69, 9.17) is 0 Å². The molecule has 0 aromatic heterocycles. The second kappa shape index (κ2) is 5.53. The first-order valence-corrected chi connectivity index (χ1v) is 6.63. The number of amides is 1. The molecule has 2 atom stereocenters. The van der Waals surface area contributed by atoms with Gasteiger partial charge < -0.3 is 10.2 Å². The molecular formula is C15H22N2O. The van der Waals surface area contributed by atoms with Gasteiger partial charge in [0, 0.05) is 25.7 Å². The Kier molecular flexibility index (Phi) is 4.02. The van der Waals surface area contributed by atoms with Crippen LogP contribution in [-0.2, 0) is 0 Å². The molecule has 2 rings (SSSR count). The van der Waals surface area contributed by atoms with E-state index in [9.17, 15) is 4.79 Å². The third kappa shape index (κ3) is 2.91. The average Bonchev–Trinajstić information content (AvgIpc) is 2.38. The quantitative estimate of drug-likeness (QED) is 0.868. The van der Waals surface area contributed by atoms with Gasteiger partial charge in [-0.25, -0.2) is 0 Å². The van der Waals surface area contributed by atoms with Crippen LogP contribution in [0.1, 0.15) is 41.6 Å². The molecule has 0 unspecified atom stereocenters. The summed E-state index contributed by atoms with van der Waals surface area (Å²) in [4.78, 5) is 13.4. The summed E-state index contributed by atoms with van der Waals surface area (Å²) in [6.07, 6.45) is 2.37. The van der Waals surface area contributed by atoms with Crippen LogP contribution in [0.15, 0.2) is 24.3 Å². The van der Waals surface area contributed by atoms with Crippen LogP contribution >= 0.6 is 0 Å². The molecule has 1 fully saturated rings. The molecule has 1 aliphatic heterocycles. The molecule has 98 valence electrons. The Balaban J connectivity index is 2.10. The van der Waals surface area contributed by atoms with E-state index in [1.54, 1.807) is 19.0 Å². The molecule has 1 saturated heterocycles. The van der Waals surface area contributed by atoms with Gasteiger partial charge in [-0.3, -0.25) is 4.79 Å². The number of carbonyl (C=O) groups excluding carboxylic acids is 1. The van der Waals surface area contributed by atoms with E-state index in [1.165, 1.54) is 18.4 Å². The van der Waals surface area contributed by atoms with E-state index in [1.807, 2.05) is 12.1 Å². The van der Waals surface area contributed by atoms with Crippen molar-refractivity contribution in [3.63, 3.8) is 0 Å². The number of nitrogens with one attached hydrogen (secondary N) is 1. The normalized spacial score (nSPS) is 23.7. The van der Waals surface area contributed by atoms with E-state index in [0.29, 0.717) is 12.0 Å². The zero-order chi connectivity index (χ0) is 13.1. The summed E-state index contributed by atoms with van der Waals surface area (Å²) in [5.41, 5.74) is 2.13. The number of nitrogens with zero attached hydrogens (tertiary/aromatic N) is 1. The van der Waals surface area contributed by atoms with Gasteiger partial charge in [0.1, 0.15) is 0 Å². The monoisotopic (exact) mass is 246 g/mol. The molecule has 1 heterocycles. The molecule has 3 heteroatoms. The molecular weight excluding hydrogens is 224 g/mol. The smallest absolute Gasteiger partial charge is 0.253 e. The maximum atomic E-state index is 11.8. The summed E-state index contributed by atoms with van der Waals surface area (Å²) in [5, 5.41) is 3.47. The summed E-state index contributed by atoms with van der Waals surface area (Å²) in [5.74, 6) is 0.699. The summed E-state index contributed by atoms with van der Waals surface area (Å²) < 4.78 is 0. The predicted molar refractivity (Wildman–Crippen MR) is 73.9 cm³/mol. The van der Waals surface area contributed by atoms with Gasteiger partial charge in [-0.05, 0) is 49.9 Å². The van der Waals surface area contributed by atoms with Crippen LogP contribution in [0.5, 0.6) is 0 Å². The standard InChI is InChI=1S/C15H22N2O/c1-11-10-14(8-9-16-11)12-4-6-13(7-5-12)15(18)17(2)3/h4-7,11,14,16H,8-10H2,1-3H3/t11-,14-/m1/s1. The molecule has 0 aliphatic carbocycles. The van der Waals surface area contributed by atoms with Crippen molar-refractivity contribution < 1.29 is 4.79 Å². The van der Waals surface area contributed by atoms with Crippen molar-refractivity contribution in [3.8, 4) is 0 Å². The Labute approximate surface area is 109 Å². The number of carbonyl (C=O) groups is 1. The highest BCUT2D eigenvalue weighted by molar-refractivity contribution is 5.93. The fourth-order valence-electron chi connectivity index (χ4n) is 2.59. The van der Waals surface area contributed by atoms with E-state index in [-0.39, 0.29) is 5.91 Å². The number of hydrogen-bond donors (Lipinski definition) is 1. The summed E-state index contributed by atoms with van der Waals surface area (Å²) >= 11 is 0. The minimum absolute atomic E-state index is 0.0697. The van der Waals surface area contributed by atoms with Crippen molar-refractivity contribution in [2.45, 2.75) is 31.7 Å². The van der Waals surface area contributed by atoms with E-state index < -0.39 is 0 Å². The molecule has 0 bridgehead atoms. The SMILES string of the molecule is C[C@@H]1C[C@H](c2ccc(C(=O)N(C)C)cc2)CCN1. The first-order valence-electron chi connectivity index (χ1n) is 6.63.